The molecule has 1 aliphatic rings. The van der Waals surface area contributed by atoms with Crippen LogP contribution < -0.4 is 0 Å². The number of likely N-dealkylation sites (tertiary alicyclic amines) is 1. The van der Waals surface area contributed by atoms with Crippen LogP contribution >= 0.6 is 0 Å². The van der Waals surface area contributed by atoms with E-state index in [1.807, 2.05) is 6.92 Å². The number of nitrogens with zero attached hydrogens (tertiary/aromatic N) is 1. The third-order valence-electron chi connectivity index (χ3n) is 3.87. The molecule has 1 aliphatic heterocycles. The van der Waals surface area contributed by atoms with Crippen molar-refractivity contribution in [2.45, 2.75) is 26.3 Å². The zero-order chi connectivity index (χ0) is 13.3. The predicted molar refractivity (Wildman–Crippen MR) is 68.5 cm³/mol. The molecule has 4 nitrogen and oxygen atoms in total. The molecule has 0 spiro atoms. The van der Waals surface area contributed by atoms with Gasteiger partial charge in [0.2, 0.25) is 0 Å². The Morgan fingerprint density at radius 3 is 2.89 bits per heavy atom. The summed E-state index contributed by atoms with van der Waals surface area (Å²) in [6, 6.07) is 4.85. The van der Waals surface area contributed by atoms with E-state index < -0.39 is 0 Å². The lowest BCUT2D eigenvalue weighted by Gasteiger charge is -2.26. The Labute approximate surface area is 107 Å². The Kier molecular flexibility index (Phi) is 3.57. The number of phenols is 1. The third kappa shape index (κ3) is 2.08. The first kappa shape index (κ1) is 12.9. The Bertz CT molecular complexity index is 458. The first-order chi connectivity index (χ1) is 8.56. The molecule has 1 amide bonds. The quantitative estimate of drug-likeness (QED) is 0.836. The van der Waals surface area contributed by atoms with Gasteiger partial charge in [-0.2, -0.15) is 0 Å². The van der Waals surface area contributed by atoms with Gasteiger partial charge in [0.05, 0.1) is 12.6 Å². The number of aliphatic hydroxyl groups excluding tert-OH is 1. The SMILES string of the molecule is Cc1c(O)cccc1C(=O)N1CCC(C)C1CO. The second-order valence-electron chi connectivity index (χ2n) is 4.96. The lowest BCUT2D eigenvalue weighted by atomic mass is 10.0. The standard InChI is InChI=1S/C14H19NO3/c1-9-6-7-15(12(9)8-16)14(18)11-4-3-5-13(17)10(11)2/h3-5,9,12,16-17H,6-8H2,1-2H3. The second-order valence-corrected chi connectivity index (χ2v) is 4.96. The van der Waals surface area contributed by atoms with Gasteiger partial charge in [0.1, 0.15) is 5.75 Å². The molecule has 0 radical (unpaired) electrons. The van der Waals surface area contributed by atoms with Crippen molar-refractivity contribution in [3.8, 4) is 5.75 Å². The van der Waals surface area contributed by atoms with Gasteiger partial charge in [-0.25, -0.2) is 0 Å². The van der Waals surface area contributed by atoms with E-state index in [1.165, 1.54) is 0 Å². The molecule has 0 aromatic heterocycles. The molecule has 1 aromatic carbocycles. The zero-order valence-corrected chi connectivity index (χ0v) is 10.8. The van der Waals surface area contributed by atoms with E-state index in [2.05, 4.69) is 0 Å². The molecule has 0 saturated carbocycles. The van der Waals surface area contributed by atoms with Gasteiger partial charge >= 0.3 is 0 Å². The summed E-state index contributed by atoms with van der Waals surface area (Å²) in [6.07, 6.45) is 0.912. The van der Waals surface area contributed by atoms with Gasteiger partial charge < -0.3 is 15.1 Å². The smallest absolute Gasteiger partial charge is 0.254 e. The summed E-state index contributed by atoms with van der Waals surface area (Å²) in [7, 11) is 0. The molecule has 1 aromatic rings. The lowest BCUT2D eigenvalue weighted by molar-refractivity contribution is 0.0647. The highest BCUT2D eigenvalue weighted by Gasteiger charge is 2.34. The van der Waals surface area contributed by atoms with Crippen molar-refractivity contribution in [2.24, 2.45) is 5.92 Å². The van der Waals surface area contributed by atoms with Crippen molar-refractivity contribution < 1.29 is 15.0 Å². The number of phenolic OH excluding ortho intramolecular Hbond substituents is 1. The Morgan fingerprint density at radius 2 is 2.22 bits per heavy atom. The molecule has 0 aliphatic carbocycles. The lowest BCUT2D eigenvalue weighted by Crippen LogP contribution is -2.40. The molecular weight excluding hydrogens is 230 g/mol. The van der Waals surface area contributed by atoms with Gasteiger partial charge in [0.15, 0.2) is 0 Å². The fraction of sp³-hybridized carbons (Fsp3) is 0.500. The number of rotatable bonds is 2. The van der Waals surface area contributed by atoms with Gasteiger partial charge in [-0.15, -0.1) is 0 Å². The maximum absolute atomic E-state index is 12.4. The fourth-order valence-electron chi connectivity index (χ4n) is 2.55. The van der Waals surface area contributed by atoms with E-state index in [1.54, 1.807) is 30.0 Å². The molecule has 0 bridgehead atoms. The fourth-order valence-corrected chi connectivity index (χ4v) is 2.55. The van der Waals surface area contributed by atoms with Crippen LogP contribution in [0.2, 0.25) is 0 Å². The topological polar surface area (TPSA) is 60.8 Å². The second kappa shape index (κ2) is 4.98. The van der Waals surface area contributed by atoms with Crippen molar-refractivity contribution in [3.63, 3.8) is 0 Å². The van der Waals surface area contributed by atoms with Crippen LogP contribution in [-0.2, 0) is 0 Å². The first-order valence-corrected chi connectivity index (χ1v) is 6.26. The summed E-state index contributed by atoms with van der Waals surface area (Å²) in [5.41, 5.74) is 1.11. The minimum atomic E-state index is -0.112. The zero-order valence-electron chi connectivity index (χ0n) is 10.8. The van der Waals surface area contributed by atoms with Gasteiger partial charge in [-0.1, -0.05) is 13.0 Å². The van der Waals surface area contributed by atoms with E-state index >= 15 is 0 Å². The first-order valence-electron chi connectivity index (χ1n) is 6.26. The van der Waals surface area contributed by atoms with Crippen molar-refractivity contribution in [1.82, 2.24) is 4.90 Å². The van der Waals surface area contributed by atoms with Crippen LogP contribution in [0.5, 0.6) is 5.75 Å². The van der Waals surface area contributed by atoms with Crippen LogP contribution in [0.25, 0.3) is 0 Å². The highest BCUT2D eigenvalue weighted by Crippen LogP contribution is 2.28. The number of aromatic hydroxyl groups is 1. The minimum Gasteiger partial charge on any atom is -0.508 e. The highest BCUT2D eigenvalue weighted by molar-refractivity contribution is 5.96. The number of carbonyl (C=O) groups is 1. The van der Waals surface area contributed by atoms with Crippen LogP contribution in [0.1, 0.15) is 29.3 Å². The number of benzene rings is 1. The Balaban J connectivity index is 2.29. The molecular formula is C14H19NO3. The van der Waals surface area contributed by atoms with E-state index in [0.29, 0.717) is 23.6 Å². The van der Waals surface area contributed by atoms with Crippen LogP contribution in [0.4, 0.5) is 0 Å². The van der Waals surface area contributed by atoms with E-state index in [-0.39, 0.29) is 24.3 Å². The maximum Gasteiger partial charge on any atom is 0.254 e. The number of hydrogen-bond donors (Lipinski definition) is 2. The Morgan fingerprint density at radius 1 is 1.50 bits per heavy atom. The summed E-state index contributed by atoms with van der Waals surface area (Å²) in [4.78, 5) is 14.2. The van der Waals surface area contributed by atoms with Gasteiger partial charge in [-0.05, 0) is 31.4 Å². The summed E-state index contributed by atoms with van der Waals surface area (Å²) in [5.74, 6) is 0.344. The molecule has 2 atom stereocenters. The normalized spacial score (nSPS) is 23.4. The number of carbonyl (C=O) groups excluding carboxylic acids is 1. The van der Waals surface area contributed by atoms with Crippen LogP contribution in [0, 0.1) is 12.8 Å². The summed E-state index contributed by atoms with van der Waals surface area (Å²) < 4.78 is 0. The van der Waals surface area contributed by atoms with Crippen LogP contribution in [0.15, 0.2) is 18.2 Å². The summed E-state index contributed by atoms with van der Waals surface area (Å²) >= 11 is 0. The monoisotopic (exact) mass is 249 g/mol. The average molecular weight is 249 g/mol. The molecule has 1 saturated heterocycles. The summed E-state index contributed by atoms with van der Waals surface area (Å²) in [6.45, 7) is 4.44. The maximum atomic E-state index is 12.4. The summed E-state index contributed by atoms with van der Waals surface area (Å²) in [5, 5.41) is 19.0. The van der Waals surface area contributed by atoms with Crippen molar-refractivity contribution in [1.29, 1.82) is 0 Å². The van der Waals surface area contributed by atoms with Gasteiger partial charge in [0, 0.05) is 17.7 Å². The predicted octanol–water partition coefficient (Wildman–Crippen LogP) is 1.54. The van der Waals surface area contributed by atoms with E-state index in [9.17, 15) is 15.0 Å². The molecule has 4 heteroatoms. The third-order valence-corrected chi connectivity index (χ3v) is 3.87. The van der Waals surface area contributed by atoms with Crippen molar-refractivity contribution in [3.05, 3.63) is 29.3 Å². The molecule has 1 fully saturated rings. The number of aliphatic hydroxyl groups is 1. The molecule has 18 heavy (non-hydrogen) atoms. The van der Waals surface area contributed by atoms with E-state index in [0.717, 1.165) is 6.42 Å². The van der Waals surface area contributed by atoms with Crippen LogP contribution in [0.3, 0.4) is 0 Å². The van der Waals surface area contributed by atoms with Crippen molar-refractivity contribution >= 4 is 5.91 Å². The molecule has 2 rings (SSSR count). The molecule has 2 N–H and O–H groups in total. The average Bonchev–Trinajstić information content (AvgIpc) is 2.73. The van der Waals surface area contributed by atoms with Crippen LogP contribution in [-0.4, -0.2) is 40.2 Å². The van der Waals surface area contributed by atoms with Gasteiger partial charge in [-0.3, -0.25) is 4.79 Å². The minimum absolute atomic E-state index is 0.00916. The molecule has 2 unspecified atom stereocenters. The van der Waals surface area contributed by atoms with Gasteiger partial charge in [0.25, 0.3) is 5.91 Å². The largest absolute Gasteiger partial charge is 0.508 e. The molecule has 98 valence electrons. The highest BCUT2D eigenvalue weighted by atomic mass is 16.3. The Hall–Kier alpha value is -1.55. The number of amides is 1. The van der Waals surface area contributed by atoms with E-state index in [4.69, 9.17) is 0 Å². The molecule has 1 heterocycles. The number of hydrogen-bond acceptors (Lipinski definition) is 3. The van der Waals surface area contributed by atoms with Crippen molar-refractivity contribution in [2.75, 3.05) is 13.2 Å².